The van der Waals surface area contributed by atoms with Gasteiger partial charge in [-0.1, -0.05) is 40.7 Å². The van der Waals surface area contributed by atoms with Crippen molar-refractivity contribution in [1.29, 1.82) is 0 Å². The number of hydrogen-bond donors (Lipinski definition) is 2. The minimum Gasteiger partial charge on any atom is -0.453 e. The molecule has 0 aliphatic rings. The molecule has 1 aromatic heterocycles. The summed E-state index contributed by atoms with van der Waals surface area (Å²) in [4.78, 5) is 18.6. The van der Waals surface area contributed by atoms with Crippen molar-refractivity contribution < 1.29 is 9.53 Å². The molecule has 116 valence electrons. The third kappa shape index (κ3) is 3.27. The average Bonchev–Trinajstić information content (AvgIpc) is 2.96. The highest BCUT2D eigenvalue weighted by atomic mass is 79.9. The van der Waals surface area contributed by atoms with Gasteiger partial charge in [0.2, 0.25) is 5.95 Å². The number of nitrogens with one attached hydrogen (secondary N) is 2. The molecule has 0 saturated carbocycles. The molecule has 0 saturated heterocycles. The molecule has 6 heteroatoms. The molecule has 23 heavy (non-hydrogen) atoms. The Bertz CT molecular complexity index is 884. The van der Waals surface area contributed by atoms with Crippen molar-refractivity contribution in [3.8, 4) is 0 Å². The van der Waals surface area contributed by atoms with E-state index in [1.54, 1.807) is 0 Å². The monoisotopic (exact) mass is 371 g/mol. The maximum atomic E-state index is 11.2. The van der Waals surface area contributed by atoms with E-state index in [1.165, 1.54) is 7.11 Å². The Morgan fingerprint density at radius 1 is 1.22 bits per heavy atom. The zero-order valence-electron chi connectivity index (χ0n) is 12.4. The van der Waals surface area contributed by atoms with E-state index in [0.29, 0.717) is 5.95 Å². The highest BCUT2D eigenvalue weighted by molar-refractivity contribution is 9.10. The fourth-order valence-corrected chi connectivity index (χ4v) is 2.49. The number of aromatic nitrogens is 2. The quantitative estimate of drug-likeness (QED) is 0.708. The molecule has 3 aromatic rings. The highest BCUT2D eigenvalue weighted by Crippen LogP contribution is 2.26. The van der Waals surface area contributed by atoms with Crippen LogP contribution in [0.1, 0.15) is 11.1 Å². The third-order valence-corrected chi connectivity index (χ3v) is 3.96. The van der Waals surface area contributed by atoms with Gasteiger partial charge >= 0.3 is 6.09 Å². The second kappa shape index (κ2) is 6.26. The van der Waals surface area contributed by atoms with Crippen molar-refractivity contribution >= 4 is 44.6 Å². The number of amides is 1. The van der Waals surface area contributed by atoms with E-state index in [1.807, 2.05) is 42.5 Å². The number of H-pyrrole nitrogens is 1. The first-order chi connectivity index (χ1) is 11.1. The second-order valence-corrected chi connectivity index (χ2v) is 5.84. The molecule has 1 heterocycles. The van der Waals surface area contributed by atoms with Crippen molar-refractivity contribution in [3.05, 3.63) is 64.6 Å². The zero-order valence-corrected chi connectivity index (χ0v) is 14.0. The Morgan fingerprint density at radius 2 is 1.91 bits per heavy atom. The number of carbonyl (C=O) groups excluding carboxylic acids is 1. The third-order valence-electron chi connectivity index (χ3n) is 3.43. The Labute approximate surface area is 141 Å². The van der Waals surface area contributed by atoms with Crippen molar-refractivity contribution in [2.24, 2.45) is 0 Å². The van der Waals surface area contributed by atoms with Gasteiger partial charge < -0.3 is 9.72 Å². The Balaban J connectivity index is 1.91. The number of hydrogen-bond acceptors (Lipinski definition) is 3. The van der Waals surface area contributed by atoms with Gasteiger partial charge in [-0.2, -0.15) is 0 Å². The van der Waals surface area contributed by atoms with E-state index in [9.17, 15) is 4.79 Å². The molecule has 0 unspecified atom stereocenters. The number of carbonyl (C=O) groups is 1. The lowest BCUT2D eigenvalue weighted by Crippen LogP contribution is -2.11. The number of fused-ring (bicyclic) bond motifs is 1. The number of aromatic amines is 1. The molecule has 3 rings (SSSR count). The van der Waals surface area contributed by atoms with E-state index in [4.69, 9.17) is 0 Å². The van der Waals surface area contributed by atoms with Gasteiger partial charge in [-0.25, -0.2) is 9.78 Å². The van der Waals surface area contributed by atoms with Gasteiger partial charge in [0.1, 0.15) is 0 Å². The molecule has 0 aliphatic carbocycles. The number of methoxy groups -OCH3 is 1. The Kier molecular flexibility index (Phi) is 4.16. The van der Waals surface area contributed by atoms with Gasteiger partial charge in [0, 0.05) is 4.47 Å². The van der Waals surface area contributed by atoms with Crippen LogP contribution < -0.4 is 5.32 Å². The number of anilines is 1. The summed E-state index contributed by atoms with van der Waals surface area (Å²) in [6.45, 7) is 4.16. The SMILES string of the molecule is C=C(c1ccc(Br)cc1)c1ccc2nc(NC(=O)OC)[nH]c2c1. The van der Waals surface area contributed by atoms with Gasteiger partial charge in [-0.15, -0.1) is 0 Å². The molecule has 5 nitrogen and oxygen atoms in total. The largest absolute Gasteiger partial charge is 0.453 e. The minimum absolute atomic E-state index is 0.346. The number of nitrogens with zero attached hydrogens (tertiary/aromatic N) is 1. The summed E-state index contributed by atoms with van der Waals surface area (Å²) in [7, 11) is 1.30. The van der Waals surface area contributed by atoms with Gasteiger partial charge in [0.15, 0.2) is 0 Å². The molecule has 0 spiro atoms. The Hall–Kier alpha value is -2.60. The summed E-state index contributed by atoms with van der Waals surface area (Å²) < 4.78 is 5.58. The molecule has 0 atom stereocenters. The van der Waals surface area contributed by atoms with Gasteiger partial charge in [0.05, 0.1) is 18.1 Å². The molecular formula is C17H14BrN3O2. The smallest absolute Gasteiger partial charge is 0.413 e. The average molecular weight is 372 g/mol. The molecule has 0 fully saturated rings. The Morgan fingerprint density at radius 3 is 2.61 bits per heavy atom. The summed E-state index contributed by atoms with van der Waals surface area (Å²) in [5, 5.41) is 2.51. The molecule has 2 aromatic carbocycles. The first-order valence-electron chi connectivity index (χ1n) is 6.87. The summed E-state index contributed by atoms with van der Waals surface area (Å²) in [5.74, 6) is 0.346. The predicted octanol–water partition coefficient (Wildman–Crippen LogP) is 4.57. The molecule has 2 N–H and O–H groups in total. The maximum Gasteiger partial charge on any atom is 0.413 e. The summed E-state index contributed by atoms with van der Waals surface area (Å²) >= 11 is 3.42. The number of rotatable bonds is 3. The summed E-state index contributed by atoms with van der Waals surface area (Å²) in [6.07, 6.45) is -0.566. The molecule has 0 aliphatic heterocycles. The molecule has 1 amide bonds. The van der Waals surface area contributed by atoms with E-state index in [2.05, 4.69) is 42.5 Å². The van der Waals surface area contributed by atoms with E-state index in [-0.39, 0.29) is 0 Å². The predicted molar refractivity (Wildman–Crippen MR) is 94.4 cm³/mol. The van der Waals surface area contributed by atoms with Crippen LogP contribution >= 0.6 is 15.9 Å². The van der Waals surface area contributed by atoms with Crippen molar-refractivity contribution in [2.45, 2.75) is 0 Å². The number of benzene rings is 2. The first kappa shape index (κ1) is 15.3. The fourth-order valence-electron chi connectivity index (χ4n) is 2.22. The number of halogens is 1. The normalized spacial score (nSPS) is 10.5. The maximum absolute atomic E-state index is 11.2. The number of ether oxygens (including phenoxy) is 1. The lowest BCUT2D eigenvalue weighted by atomic mass is 9.99. The summed E-state index contributed by atoms with van der Waals surface area (Å²) in [5.41, 5.74) is 4.50. The summed E-state index contributed by atoms with van der Waals surface area (Å²) in [6, 6.07) is 13.8. The van der Waals surface area contributed by atoms with Gasteiger partial charge in [0.25, 0.3) is 0 Å². The van der Waals surface area contributed by atoms with Crippen molar-refractivity contribution in [1.82, 2.24) is 9.97 Å². The minimum atomic E-state index is -0.566. The second-order valence-electron chi connectivity index (χ2n) is 4.92. The first-order valence-corrected chi connectivity index (χ1v) is 7.66. The van der Waals surface area contributed by atoms with Crippen LogP contribution in [0, 0.1) is 0 Å². The number of imidazole rings is 1. The lowest BCUT2D eigenvalue weighted by molar-refractivity contribution is 0.186. The van der Waals surface area contributed by atoms with E-state index < -0.39 is 6.09 Å². The standard InChI is InChI=1S/C17H14BrN3O2/c1-10(11-3-6-13(18)7-4-11)12-5-8-14-15(9-12)20-16(19-14)21-17(22)23-2/h3-9H,1H2,2H3,(H2,19,20,21,22). The van der Waals surface area contributed by atoms with Crippen molar-refractivity contribution in [3.63, 3.8) is 0 Å². The van der Waals surface area contributed by atoms with Crippen LogP contribution in [0.3, 0.4) is 0 Å². The highest BCUT2D eigenvalue weighted by Gasteiger charge is 2.09. The topological polar surface area (TPSA) is 67.0 Å². The molecule has 0 bridgehead atoms. The van der Waals surface area contributed by atoms with Crippen LogP contribution in [0.5, 0.6) is 0 Å². The van der Waals surface area contributed by atoms with Crippen LogP contribution in [-0.4, -0.2) is 23.2 Å². The van der Waals surface area contributed by atoms with Crippen molar-refractivity contribution in [2.75, 3.05) is 12.4 Å². The van der Waals surface area contributed by atoms with Crippen LogP contribution in [0.25, 0.3) is 16.6 Å². The fraction of sp³-hybridized carbons (Fsp3) is 0.0588. The van der Waals surface area contributed by atoms with E-state index >= 15 is 0 Å². The zero-order chi connectivity index (χ0) is 16.4. The van der Waals surface area contributed by atoms with E-state index in [0.717, 1.165) is 32.2 Å². The van der Waals surface area contributed by atoms with Gasteiger partial charge in [-0.3, -0.25) is 5.32 Å². The van der Waals surface area contributed by atoms with Crippen LogP contribution in [0.2, 0.25) is 0 Å². The molecular weight excluding hydrogens is 358 g/mol. The lowest BCUT2D eigenvalue weighted by Gasteiger charge is -2.06. The molecule has 0 radical (unpaired) electrons. The van der Waals surface area contributed by atoms with Crippen LogP contribution in [-0.2, 0) is 4.74 Å². The van der Waals surface area contributed by atoms with Gasteiger partial charge in [-0.05, 0) is 41.0 Å². The van der Waals surface area contributed by atoms with Crippen LogP contribution in [0.4, 0.5) is 10.7 Å². The van der Waals surface area contributed by atoms with Crippen LogP contribution in [0.15, 0.2) is 53.5 Å².